The van der Waals surface area contributed by atoms with Crippen molar-refractivity contribution in [1.82, 2.24) is 9.80 Å². The first-order chi connectivity index (χ1) is 14.6. The number of hydrogen-bond donors (Lipinski definition) is 0. The van der Waals surface area contributed by atoms with E-state index in [0.29, 0.717) is 25.9 Å². The molecule has 30 heavy (non-hydrogen) atoms. The highest BCUT2D eigenvalue weighted by atomic mass is 16.2. The number of hydrogen-bond acceptors (Lipinski definition) is 3. The molecule has 0 N–H and O–H groups in total. The normalized spacial score (nSPS) is 21.6. The second kappa shape index (κ2) is 8.69. The molecule has 0 aliphatic carbocycles. The van der Waals surface area contributed by atoms with Gasteiger partial charge in [-0.25, -0.2) is 0 Å². The number of nitrogens with zero attached hydrogens (tertiary/aromatic N) is 3. The van der Waals surface area contributed by atoms with E-state index in [-0.39, 0.29) is 30.2 Å². The van der Waals surface area contributed by atoms with Gasteiger partial charge in [0.25, 0.3) is 5.91 Å². The Balaban J connectivity index is 1.63. The van der Waals surface area contributed by atoms with Crippen LogP contribution in [-0.2, 0) is 14.4 Å². The summed E-state index contributed by atoms with van der Waals surface area (Å²) in [6.45, 7) is 2.59. The molecule has 2 saturated heterocycles. The van der Waals surface area contributed by atoms with Crippen molar-refractivity contribution in [3.8, 4) is 0 Å². The van der Waals surface area contributed by atoms with Crippen molar-refractivity contribution >= 4 is 29.1 Å². The molecule has 0 aromatic heterocycles. The van der Waals surface area contributed by atoms with Crippen LogP contribution in [0, 0.1) is 0 Å². The van der Waals surface area contributed by atoms with Crippen LogP contribution in [-0.4, -0.2) is 52.7 Å². The predicted octanol–water partition coefficient (Wildman–Crippen LogP) is 3.35. The molecule has 0 bridgehead atoms. The van der Waals surface area contributed by atoms with E-state index in [1.54, 1.807) is 21.6 Å². The highest BCUT2D eigenvalue weighted by Crippen LogP contribution is 2.34. The van der Waals surface area contributed by atoms with Crippen molar-refractivity contribution in [2.45, 2.75) is 44.7 Å². The van der Waals surface area contributed by atoms with Crippen LogP contribution >= 0.6 is 0 Å². The second-order valence-corrected chi connectivity index (χ2v) is 7.94. The van der Waals surface area contributed by atoms with Crippen LogP contribution in [0.25, 0.3) is 0 Å². The first kappa shape index (κ1) is 20.1. The molecular formula is C24H27N3O3. The van der Waals surface area contributed by atoms with Crippen LogP contribution < -0.4 is 4.90 Å². The maximum atomic E-state index is 13.8. The zero-order chi connectivity index (χ0) is 21.1. The molecule has 0 radical (unpaired) electrons. The summed E-state index contributed by atoms with van der Waals surface area (Å²) < 4.78 is 0. The van der Waals surface area contributed by atoms with Gasteiger partial charge >= 0.3 is 0 Å². The van der Waals surface area contributed by atoms with Crippen LogP contribution in [0.4, 0.5) is 11.4 Å². The molecule has 2 aliphatic heterocycles. The number of rotatable bonds is 3. The maximum absolute atomic E-state index is 13.8. The van der Waals surface area contributed by atoms with E-state index in [0.717, 1.165) is 17.8 Å². The van der Waals surface area contributed by atoms with Gasteiger partial charge in [-0.2, -0.15) is 0 Å². The van der Waals surface area contributed by atoms with Crippen LogP contribution in [0.2, 0.25) is 0 Å². The molecule has 2 atom stereocenters. The fraction of sp³-hybridized carbons (Fsp3) is 0.375. The van der Waals surface area contributed by atoms with Gasteiger partial charge in [0.15, 0.2) is 0 Å². The van der Waals surface area contributed by atoms with Crippen LogP contribution in [0.5, 0.6) is 0 Å². The lowest BCUT2D eigenvalue weighted by molar-refractivity contribution is -0.142. The Morgan fingerprint density at radius 2 is 1.47 bits per heavy atom. The number of fused-ring (bicyclic) bond motifs is 1. The molecular weight excluding hydrogens is 378 g/mol. The lowest BCUT2D eigenvalue weighted by Gasteiger charge is -2.36. The van der Waals surface area contributed by atoms with Gasteiger partial charge in [0.05, 0.1) is 0 Å². The van der Waals surface area contributed by atoms with Crippen molar-refractivity contribution in [2.24, 2.45) is 0 Å². The minimum Gasteiger partial charge on any atom is -0.342 e. The molecule has 156 valence electrons. The molecule has 2 aromatic carbocycles. The summed E-state index contributed by atoms with van der Waals surface area (Å²) in [6.07, 6.45) is 2.40. The summed E-state index contributed by atoms with van der Waals surface area (Å²) in [7, 11) is 0. The zero-order valence-electron chi connectivity index (χ0n) is 17.2. The Labute approximate surface area is 177 Å². The Morgan fingerprint density at radius 1 is 0.867 bits per heavy atom. The van der Waals surface area contributed by atoms with E-state index in [1.165, 1.54) is 0 Å². The number of benzene rings is 2. The first-order valence-corrected chi connectivity index (χ1v) is 10.6. The average molecular weight is 405 g/mol. The van der Waals surface area contributed by atoms with Gasteiger partial charge in [-0.05, 0) is 43.5 Å². The summed E-state index contributed by atoms with van der Waals surface area (Å²) in [6, 6.07) is 18.7. The summed E-state index contributed by atoms with van der Waals surface area (Å²) in [5, 5.41) is 0. The van der Waals surface area contributed by atoms with Crippen molar-refractivity contribution in [3.05, 3.63) is 60.7 Å². The first-order valence-electron chi connectivity index (χ1n) is 10.6. The Bertz CT molecular complexity index is 876. The van der Waals surface area contributed by atoms with Crippen LogP contribution in [0.15, 0.2) is 60.7 Å². The molecule has 4 rings (SSSR count). The van der Waals surface area contributed by atoms with Gasteiger partial charge in [0.2, 0.25) is 11.8 Å². The number of carbonyl (C=O) groups is 3. The van der Waals surface area contributed by atoms with Crippen LogP contribution in [0.3, 0.4) is 0 Å². The lowest BCUT2D eigenvalue weighted by atomic mass is 10.1. The SMILES string of the molecule is CC(=O)N1CCC(=O)N2[C@H](CC[C@H]2C(=O)N(c2ccccc2)c2ccccc2)CC1. The third-order valence-corrected chi connectivity index (χ3v) is 6.10. The smallest absolute Gasteiger partial charge is 0.254 e. The Kier molecular flexibility index (Phi) is 5.84. The highest BCUT2D eigenvalue weighted by Gasteiger charge is 2.43. The fourth-order valence-corrected chi connectivity index (χ4v) is 4.58. The molecule has 6 nitrogen and oxygen atoms in total. The van der Waals surface area contributed by atoms with E-state index >= 15 is 0 Å². The highest BCUT2D eigenvalue weighted by molar-refractivity contribution is 6.05. The van der Waals surface area contributed by atoms with Gasteiger partial charge < -0.3 is 9.80 Å². The minimum atomic E-state index is -0.480. The van der Waals surface area contributed by atoms with E-state index in [1.807, 2.05) is 60.7 Å². The number of amides is 3. The van der Waals surface area contributed by atoms with Crippen LogP contribution in [0.1, 0.15) is 32.6 Å². The predicted molar refractivity (Wildman–Crippen MR) is 115 cm³/mol. The Hall–Kier alpha value is -3.15. The number of para-hydroxylation sites is 2. The average Bonchev–Trinajstić information content (AvgIpc) is 3.17. The monoisotopic (exact) mass is 405 g/mol. The fourth-order valence-electron chi connectivity index (χ4n) is 4.58. The second-order valence-electron chi connectivity index (χ2n) is 7.94. The molecule has 2 aromatic rings. The van der Waals surface area contributed by atoms with Gasteiger partial charge in [-0.15, -0.1) is 0 Å². The van der Waals surface area contributed by atoms with Gasteiger partial charge in [-0.1, -0.05) is 36.4 Å². The standard InChI is InChI=1S/C24H27N3O3/c1-18(28)25-16-14-21-12-13-22(27(21)23(29)15-17-25)24(30)26(19-8-4-2-5-9-19)20-10-6-3-7-11-20/h2-11,21-22H,12-17H2,1H3/t21-,22+/m1/s1. The number of carbonyl (C=O) groups excluding carboxylic acids is 3. The van der Waals surface area contributed by atoms with E-state index in [9.17, 15) is 14.4 Å². The van der Waals surface area contributed by atoms with Crippen molar-refractivity contribution < 1.29 is 14.4 Å². The summed E-state index contributed by atoms with van der Waals surface area (Å²) in [4.78, 5) is 43.9. The van der Waals surface area contributed by atoms with Crippen molar-refractivity contribution in [1.29, 1.82) is 0 Å². The van der Waals surface area contributed by atoms with Gasteiger partial charge in [0.1, 0.15) is 6.04 Å². The maximum Gasteiger partial charge on any atom is 0.254 e. The summed E-state index contributed by atoms with van der Waals surface area (Å²) >= 11 is 0. The van der Waals surface area contributed by atoms with E-state index in [2.05, 4.69) is 0 Å². The zero-order valence-corrected chi connectivity index (χ0v) is 17.2. The number of anilines is 2. The van der Waals surface area contributed by atoms with Gasteiger partial charge in [-0.3, -0.25) is 19.3 Å². The molecule has 0 saturated carbocycles. The molecule has 2 fully saturated rings. The summed E-state index contributed by atoms with van der Waals surface area (Å²) in [5.41, 5.74) is 1.58. The third kappa shape index (κ3) is 3.95. The Morgan fingerprint density at radius 3 is 2.03 bits per heavy atom. The minimum absolute atomic E-state index is 0.00111. The molecule has 2 heterocycles. The molecule has 3 amide bonds. The third-order valence-electron chi connectivity index (χ3n) is 6.10. The van der Waals surface area contributed by atoms with E-state index < -0.39 is 6.04 Å². The molecule has 2 aliphatic rings. The molecule has 0 spiro atoms. The van der Waals surface area contributed by atoms with Crippen molar-refractivity contribution in [2.75, 3.05) is 18.0 Å². The summed E-state index contributed by atoms with van der Waals surface area (Å²) in [5.74, 6) is -0.115. The topological polar surface area (TPSA) is 60.9 Å². The lowest BCUT2D eigenvalue weighted by Crippen LogP contribution is -2.52. The van der Waals surface area contributed by atoms with Crippen molar-refractivity contribution in [3.63, 3.8) is 0 Å². The molecule has 6 heteroatoms. The molecule has 0 unspecified atom stereocenters. The largest absolute Gasteiger partial charge is 0.342 e. The van der Waals surface area contributed by atoms with Gasteiger partial charge in [0, 0.05) is 43.9 Å². The van der Waals surface area contributed by atoms with E-state index in [4.69, 9.17) is 0 Å². The quantitative estimate of drug-likeness (QED) is 0.787.